The molecule has 0 bridgehead atoms. The standard InChI is InChI=1S/C26H25ClN2O3/c1-2-32-26(31)22-14-13-21(16-23(22)27)28-25(30)20-11-9-18(10-12-20)17-29-15-5-7-19-6-3-4-8-24(19)29/h3-4,6,8-14,16H,2,5,7,15,17H2,1H3,(H,28,30). The Morgan fingerprint density at radius 3 is 2.59 bits per heavy atom. The van der Waals surface area contributed by atoms with Crippen LogP contribution in [0.2, 0.25) is 5.02 Å². The predicted octanol–water partition coefficient (Wildman–Crippen LogP) is 5.72. The number of rotatable bonds is 6. The van der Waals surface area contributed by atoms with Crippen molar-refractivity contribution in [3.8, 4) is 0 Å². The maximum atomic E-state index is 12.7. The lowest BCUT2D eigenvalue weighted by Crippen LogP contribution is -2.28. The Balaban J connectivity index is 1.41. The molecule has 0 spiro atoms. The summed E-state index contributed by atoms with van der Waals surface area (Å²) in [7, 11) is 0. The van der Waals surface area contributed by atoms with Gasteiger partial charge in [-0.1, -0.05) is 41.9 Å². The van der Waals surface area contributed by atoms with Crippen molar-refractivity contribution < 1.29 is 14.3 Å². The molecule has 6 heteroatoms. The number of fused-ring (bicyclic) bond motifs is 1. The van der Waals surface area contributed by atoms with E-state index in [0.717, 1.165) is 31.5 Å². The van der Waals surface area contributed by atoms with Gasteiger partial charge in [-0.15, -0.1) is 0 Å². The van der Waals surface area contributed by atoms with Crippen LogP contribution in [0.25, 0.3) is 0 Å². The van der Waals surface area contributed by atoms with Crippen LogP contribution in [0, 0.1) is 0 Å². The van der Waals surface area contributed by atoms with Gasteiger partial charge in [-0.05, 0) is 67.3 Å². The first kappa shape index (κ1) is 21.9. The number of hydrogen-bond donors (Lipinski definition) is 1. The van der Waals surface area contributed by atoms with Crippen molar-refractivity contribution in [1.82, 2.24) is 0 Å². The van der Waals surface area contributed by atoms with Gasteiger partial charge in [0, 0.05) is 30.0 Å². The van der Waals surface area contributed by atoms with Gasteiger partial charge in [0.2, 0.25) is 0 Å². The molecule has 3 aromatic carbocycles. The third-order valence-electron chi connectivity index (χ3n) is 5.52. The normalized spacial score (nSPS) is 12.8. The molecule has 1 aliphatic rings. The van der Waals surface area contributed by atoms with Crippen molar-refractivity contribution >= 4 is 34.9 Å². The van der Waals surface area contributed by atoms with Gasteiger partial charge in [0.25, 0.3) is 5.91 Å². The summed E-state index contributed by atoms with van der Waals surface area (Å²) in [6.07, 6.45) is 2.27. The minimum absolute atomic E-state index is 0.235. The van der Waals surface area contributed by atoms with E-state index >= 15 is 0 Å². The molecule has 0 fully saturated rings. The monoisotopic (exact) mass is 448 g/mol. The van der Waals surface area contributed by atoms with E-state index in [4.69, 9.17) is 16.3 Å². The number of aryl methyl sites for hydroxylation is 1. The molecule has 0 saturated carbocycles. The summed E-state index contributed by atoms with van der Waals surface area (Å²) in [5.74, 6) is -0.720. The van der Waals surface area contributed by atoms with Crippen LogP contribution < -0.4 is 10.2 Å². The number of carbonyl (C=O) groups is 2. The second-order valence-corrected chi connectivity index (χ2v) is 8.13. The number of nitrogens with one attached hydrogen (secondary N) is 1. The fraction of sp³-hybridized carbons (Fsp3) is 0.231. The lowest BCUT2D eigenvalue weighted by Gasteiger charge is -2.31. The van der Waals surface area contributed by atoms with Crippen LogP contribution in [0.15, 0.2) is 66.7 Å². The molecule has 0 saturated heterocycles. The van der Waals surface area contributed by atoms with E-state index in [1.807, 2.05) is 24.3 Å². The van der Waals surface area contributed by atoms with E-state index in [0.29, 0.717) is 11.3 Å². The minimum atomic E-state index is -0.484. The van der Waals surface area contributed by atoms with Crippen LogP contribution in [0.5, 0.6) is 0 Å². The summed E-state index contributed by atoms with van der Waals surface area (Å²) in [6.45, 7) is 3.84. The molecular formula is C26H25ClN2O3. The third kappa shape index (κ3) is 4.94. The summed E-state index contributed by atoms with van der Waals surface area (Å²) >= 11 is 6.18. The van der Waals surface area contributed by atoms with Gasteiger partial charge in [0.05, 0.1) is 17.2 Å². The summed E-state index contributed by atoms with van der Waals surface area (Å²) < 4.78 is 4.97. The van der Waals surface area contributed by atoms with Crippen LogP contribution in [-0.2, 0) is 17.7 Å². The van der Waals surface area contributed by atoms with Gasteiger partial charge < -0.3 is 15.0 Å². The highest BCUT2D eigenvalue weighted by molar-refractivity contribution is 6.34. The Labute approximate surface area is 193 Å². The highest BCUT2D eigenvalue weighted by Crippen LogP contribution is 2.28. The lowest BCUT2D eigenvalue weighted by atomic mass is 10.0. The number of esters is 1. The number of ether oxygens (including phenoxy) is 1. The van der Waals surface area contributed by atoms with Crippen LogP contribution >= 0.6 is 11.6 Å². The average Bonchev–Trinajstić information content (AvgIpc) is 2.80. The molecule has 32 heavy (non-hydrogen) atoms. The van der Waals surface area contributed by atoms with Crippen LogP contribution in [0.3, 0.4) is 0 Å². The second-order valence-electron chi connectivity index (χ2n) is 7.72. The van der Waals surface area contributed by atoms with Crippen molar-refractivity contribution in [2.24, 2.45) is 0 Å². The largest absolute Gasteiger partial charge is 0.462 e. The van der Waals surface area contributed by atoms with Gasteiger partial charge in [-0.25, -0.2) is 4.79 Å². The average molecular weight is 449 g/mol. The number of amides is 1. The molecule has 4 rings (SSSR count). The maximum Gasteiger partial charge on any atom is 0.339 e. The fourth-order valence-corrected chi connectivity index (χ4v) is 4.19. The van der Waals surface area contributed by atoms with Crippen LogP contribution in [-0.4, -0.2) is 25.0 Å². The van der Waals surface area contributed by atoms with Crippen LogP contribution in [0.4, 0.5) is 11.4 Å². The number of para-hydroxylation sites is 1. The van der Waals surface area contributed by atoms with Crippen molar-refractivity contribution in [2.45, 2.75) is 26.3 Å². The maximum absolute atomic E-state index is 12.7. The Morgan fingerprint density at radius 1 is 1.06 bits per heavy atom. The number of benzene rings is 3. The first-order chi connectivity index (χ1) is 15.5. The number of carbonyl (C=O) groups excluding carboxylic acids is 2. The Bertz CT molecular complexity index is 1130. The van der Waals surface area contributed by atoms with E-state index in [1.165, 1.54) is 11.3 Å². The van der Waals surface area contributed by atoms with Crippen molar-refractivity contribution in [3.63, 3.8) is 0 Å². The molecule has 0 radical (unpaired) electrons. The SMILES string of the molecule is CCOC(=O)c1ccc(NC(=O)c2ccc(CN3CCCc4ccccc43)cc2)cc1Cl. The van der Waals surface area contributed by atoms with Crippen molar-refractivity contribution in [2.75, 3.05) is 23.4 Å². The van der Waals surface area contributed by atoms with Gasteiger partial charge in [-0.2, -0.15) is 0 Å². The predicted molar refractivity (Wildman–Crippen MR) is 128 cm³/mol. The smallest absolute Gasteiger partial charge is 0.339 e. The summed E-state index contributed by atoms with van der Waals surface area (Å²) in [5.41, 5.74) is 5.18. The molecule has 0 aromatic heterocycles. The topological polar surface area (TPSA) is 58.6 Å². The van der Waals surface area contributed by atoms with E-state index in [1.54, 1.807) is 25.1 Å². The molecule has 0 atom stereocenters. The molecule has 0 aliphatic carbocycles. The summed E-state index contributed by atoms with van der Waals surface area (Å²) in [6, 6.07) is 20.9. The molecule has 1 aliphatic heterocycles. The first-order valence-electron chi connectivity index (χ1n) is 10.7. The molecule has 1 heterocycles. The van der Waals surface area contributed by atoms with E-state index in [2.05, 4.69) is 34.5 Å². The number of hydrogen-bond acceptors (Lipinski definition) is 4. The van der Waals surface area contributed by atoms with Crippen molar-refractivity contribution in [3.05, 3.63) is 94.0 Å². The Kier molecular flexibility index (Phi) is 6.76. The summed E-state index contributed by atoms with van der Waals surface area (Å²) in [4.78, 5) is 26.9. The van der Waals surface area contributed by atoms with E-state index in [-0.39, 0.29) is 23.1 Å². The van der Waals surface area contributed by atoms with Gasteiger partial charge in [-0.3, -0.25) is 4.79 Å². The van der Waals surface area contributed by atoms with Crippen LogP contribution in [0.1, 0.15) is 45.2 Å². The van der Waals surface area contributed by atoms with Gasteiger partial charge in [0.1, 0.15) is 0 Å². The molecule has 3 aromatic rings. The second kappa shape index (κ2) is 9.88. The summed E-state index contributed by atoms with van der Waals surface area (Å²) in [5, 5.41) is 3.06. The first-order valence-corrected chi connectivity index (χ1v) is 11.1. The minimum Gasteiger partial charge on any atom is -0.462 e. The third-order valence-corrected chi connectivity index (χ3v) is 5.83. The number of halogens is 1. The lowest BCUT2D eigenvalue weighted by molar-refractivity contribution is 0.0526. The number of anilines is 2. The van der Waals surface area contributed by atoms with E-state index < -0.39 is 5.97 Å². The zero-order valence-corrected chi connectivity index (χ0v) is 18.7. The van der Waals surface area contributed by atoms with Gasteiger partial charge >= 0.3 is 5.97 Å². The number of nitrogens with zero attached hydrogens (tertiary/aromatic N) is 1. The molecule has 0 unspecified atom stereocenters. The van der Waals surface area contributed by atoms with Gasteiger partial charge in [0.15, 0.2) is 0 Å². The quantitative estimate of drug-likeness (QED) is 0.490. The Morgan fingerprint density at radius 2 is 1.84 bits per heavy atom. The molecule has 1 amide bonds. The highest BCUT2D eigenvalue weighted by Gasteiger charge is 2.17. The van der Waals surface area contributed by atoms with E-state index in [9.17, 15) is 9.59 Å². The fourth-order valence-electron chi connectivity index (χ4n) is 3.93. The zero-order valence-electron chi connectivity index (χ0n) is 17.9. The Hall–Kier alpha value is -3.31. The molecular weight excluding hydrogens is 424 g/mol. The molecule has 1 N–H and O–H groups in total. The highest BCUT2D eigenvalue weighted by atomic mass is 35.5. The molecule has 164 valence electrons. The zero-order chi connectivity index (χ0) is 22.5. The molecule has 5 nitrogen and oxygen atoms in total. The van der Waals surface area contributed by atoms with Crippen molar-refractivity contribution in [1.29, 1.82) is 0 Å².